The maximum absolute atomic E-state index is 6.41. The molecule has 30 heavy (non-hydrogen) atoms. The van der Waals surface area contributed by atoms with Crippen molar-refractivity contribution >= 4 is 32.3 Å². The molecule has 0 aliphatic rings. The molecule has 1 atom stereocenters. The molecule has 0 saturated heterocycles. The Morgan fingerprint density at radius 1 is 0.600 bits per heavy atom. The Bertz CT molecular complexity index is 1320. The first-order chi connectivity index (χ1) is 14.8. The van der Waals surface area contributed by atoms with Crippen LogP contribution in [-0.2, 0) is 0 Å². The van der Waals surface area contributed by atoms with E-state index in [1.807, 2.05) is 24.3 Å². The van der Waals surface area contributed by atoms with Gasteiger partial charge >= 0.3 is 0 Å². The van der Waals surface area contributed by atoms with Crippen LogP contribution in [-0.4, -0.2) is 6.29 Å². The molecule has 0 amide bonds. The molecule has 0 heterocycles. The monoisotopic (exact) mass is 392 g/mol. The van der Waals surface area contributed by atoms with Crippen molar-refractivity contribution in [2.75, 3.05) is 0 Å². The van der Waals surface area contributed by atoms with Gasteiger partial charge in [0.1, 0.15) is 11.5 Å². The molecule has 5 aromatic rings. The lowest BCUT2D eigenvalue weighted by Gasteiger charge is -2.21. The van der Waals surface area contributed by atoms with E-state index in [1.54, 1.807) is 0 Å². The van der Waals surface area contributed by atoms with E-state index < -0.39 is 0 Å². The van der Waals surface area contributed by atoms with Gasteiger partial charge in [-0.1, -0.05) is 73.7 Å². The van der Waals surface area contributed by atoms with Crippen LogP contribution in [0.4, 0.5) is 0 Å². The van der Waals surface area contributed by atoms with Crippen LogP contribution in [0.15, 0.2) is 97.1 Å². The molecule has 5 rings (SSSR count). The lowest BCUT2D eigenvalue weighted by molar-refractivity contribution is 0.000222. The largest absolute Gasteiger partial charge is 0.455 e. The van der Waals surface area contributed by atoms with Crippen molar-refractivity contribution in [3.05, 3.63) is 97.1 Å². The summed E-state index contributed by atoms with van der Waals surface area (Å²) in [7, 11) is 0. The average Bonchev–Trinajstić information content (AvgIpc) is 2.78. The van der Waals surface area contributed by atoms with E-state index in [9.17, 15) is 0 Å². The summed E-state index contributed by atoms with van der Waals surface area (Å²) < 4.78 is 12.7. The SMILES string of the molecule is CCCC(Oc1ccc2ccccc2c1)Oc1cccc2cc3ccccc3cc12. The minimum absolute atomic E-state index is 0.340. The van der Waals surface area contributed by atoms with Gasteiger partial charge in [-0.25, -0.2) is 0 Å². The maximum Gasteiger partial charge on any atom is 0.241 e. The fourth-order valence-corrected chi connectivity index (χ4v) is 3.95. The van der Waals surface area contributed by atoms with E-state index in [0.717, 1.165) is 29.7 Å². The minimum Gasteiger partial charge on any atom is -0.455 e. The van der Waals surface area contributed by atoms with Crippen molar-refractivity contribution in [3.63, 3.8) is 0 Å². The zero-order chi connectivity index (χ0) is 20.3. The van der Waals surface area contributed by atoms with Gasteiger partial charge in [-0.2, -0.15) is 0 Å². The van der Waals surface area contributed by atoms with Crippen molar-refractivity contribution in [1.82, 2.24) is 0 Å². The molecule has 0 aromatic heterocycles. The Balaban J connectivity index is 1.47. The predicted octanol–water partition coefficient (Wildman–Crippen LogP) is 7.73. The fourth-order valence-electron chi connectivity index (χ4n) is 3.95. The smallest absolute Gasteiger partial charge is 0.241 e. The fraction of sp³-hybridized carbons (Fsp3) is 0.143. The van der Waals surface area contributed by atoms with Crippen molar-refractivity contribution in [1.29, 1.82) is 0 Å². The molecule has 0 bridgehead atoms. The normalized spacial score (nSPS) is 12.3. The number of rotatable bonds is 6. The highest BCUT2D eigenvalue weighted by Gasteiger charge is 2.14. The summed E-state index contributed by atoms with van der Waals surface area (Å²) in [6.45, 7) is 2.15. The molecule has 0 fully saturated rings. The van der Waals surface area contributed by atoms with E-state index in [1.165, 1.54) is 26.9 Å². The van der Waals surface area contributed by atoms with Gasteiger partial charge in [0.2, 0.25) is 6.29 Å². The summed E-state index contributed by atoms with van der Waals surface area (Å²) in [6.07, 6.45) is 1.45. The summed E-state index contributed by atoms with van der Waals surface area (Å²) >= 11 is 0. The van der Waals surface area contributed by atoms with Gasteiger partial charge in [0.15, 0.2) is 0 Å². The van der Waals surface area contributed by atoms with Gasteiger partial charge in [0.05, 0.1) is 0 Å². The van der Waals surface area contributed by atoms with E-state index in [0.29, 0.717) is 0 Å². The number of ether oxygens (including phenoxy) is 2. The molecule has 2 heteroatoms. The molecule has 0 radical (unpaired) electrons. The molecule has 148 valence electrons. The first-order valence-corrected chi connectivity index (χ1v) is 10.5. The molecule has 5 aromatic carbocycles. The van der Waals surface area contributed by atoms with Crippen LogP contribution in [0.25, 0.3) is 32.3 Å². The summed E-state index contributed by atoms with van der Waals surface area (Å²) in [4.78, 5) is 0. The molecular formula is C28H24O2. The third kappa shape index (κ3) is 3.69. The average molecular weight is 392 g/mol. The summed E-state index contributed by atoms with van der Waals surface area (Å²) in [5.74, 6) is 1.69. The van der Waals surface area contributed by atoms with Crippen molar-refractivity contribution in [3.8, 4) is 11.5 Å². The molecular weight excluding hydrogens is 368 g/mol. The Labute approximate surface area is 176 Å². The van der Waals surface area contributed by atoms with Gasteiger partial charge in [-0.3, -0.25) is 0 Å². The zero-order valence-electron chi connectivity index (χ0n) is 17.0. The van der Waals surface area contributed by atoms with E-state index >= 15 is 0 Å². The first kappa shape index (κ1) is 18.5. The number of hydrogen-bond acceptors (Lipinski definition) is 2. The molecule has 0 aliphatic heterocycles. The molecule has 0 N–H and O–H groups in total. The Morgan fingerprint density at radius 2 is 1.27 bits per heavy atom. The zero-order valence-corrected chi connectivity index (χ0v) is 17.0. The predicted molar refractivity (Wildman–Crippen MR) is 125 cm³/mol. The van der Waals surface area contributed by atoms with Crippen molar-refractivity contribution in [2.45, 2.75) is 26.1 Å². The Hall–Kier alpha value is -3.52. The molecule has 0 aliphatic carbocycles. The molecule has 0 saturated carbocycles. The van der Waals surface area contributed by atoms with Crippen LogP contribution in [0.1, 0.15) is 19.8 Å². The van der Waals surface area contributed by atoms with Crippen LogP contribution in [0, 0.1) is 0 Å². The maximum atomic E-state index is 6.41. The second-order valence-electron chi connectivity index (χ2n) is 7.64. The third-order valence-corrected chi connectivity index (χ3v) is 5.48. The van der Waals surface area contributed by atoms with Gasteiger partial charge in [-0.15, -0.1) is 0 Å². The van der Waals surface area contributed by atoms with E-state index in [2.05, 4.69) is 79.7 Å². The highest BCUT2D eigenvalue weighted by Crippen LogP contribution is 2.31. The van der Waals surface area contributed by atoms with Crippen LogP contribution >= 0.6 is 0 Å². The Kier molecular flexibility index (Phi) is 4.98. The van der Waals surface area contributed by atoms with Gasteiger partial charge in [0.25, 0.3) is 0 Å². The topological polar surface area (TPSA) is 18.5 Å². The molecule has 0 spiro atoms. The quantitative estimate of drug-likeness (QED) is 0.217. The molecule has 2 nitrogen and oxygen atoms in total. The number of hydrogen-bond donors (Lipinski definition) is 0. The van der Waals surface area contributed by atoms with Gasteiger partial charge in [-0.05, 0) is 63.7 Å². The summed E-state index contributed by atoms with van der Waals surface area (Å²) in [5, 5.41) is 7.11. The standard InChI is InChI=1S/C28H24O2/c1-2-8-28(29-25-16-15-20-9-3-4-11-22(20)18-25)30-27-14-7-13-24-17-21-10-5-6-12-23(21)19-26(24)27/h3-7,9-19,28H,2,8H2,1H3. The van der Waals surface area contributed by atoms with Crippen LogP contribution in [0.3, 0.4) is 0 Å². The van der Waals surface area contributed by atoms with E-state index in [-0.39, 0.29) is 6.29 Å². The van der Waals surface area contributed by atoms with Crippen molar-refractivity contribution in [2.24, 2.45) is 0 Å². The third-order valence-electron chi connectivity index (χ3n) is 5.48. The highest BCUT2D eigenvalue weighted by molar-refractivity contribution is 6.00. The second-order valence-corrected chi connectivity index (χ2v) is 7.64. The minimum atomic E-state index is -0.340. The lowest BCUT2D eigenvalue weighted by atomic mass is 10.0. The van der Waals surface area contributed by atoms with Crippen LogP contribution in [0.5, 0.6) is 11.5 Å². The van der Waals surface area contributed by atoms with Gasteiger partial charge < -0.3 is 9.47 Å². The Morgan fingerprint density at radius 3 is 2.03 bits per heavy atom. The van der Waals surface area contributed by atoms with E-state index in [4.69, 9.17) is 9.47 Å². The first-order valence-electron chi connectivity index (χ1n) is 10.5. The second kappa shape index (κ2) is 8.08. The lowest BCUT2D eigenvalue weighted by Crippen LogP contribution is -2.23. The number of benzene rings is 5. The van der Waals surface area contributed by atoms with Crippen LogP contribution < -0.4 is 9.47 Å². The van der Waals surface area contributed by atoms with Crippen LogP contribution in [0.2, 0.25) is 0 Å². The summed E-state index contributed by atoms with van der Waals surface area (Å²) in [5.41, 5.74) is 0. The highest BCUT2D eigenvalue weighted by atomic mass is 16.7. The number of fused-ring (bicyclic) bond motifs is 3. The van der Waals surface area contributed by atoms with Gasteiger partial charge in [0, 0.05) is 11.8 Å². The summed E-state index contributed by atoms with van der Waals surface area (Å²) in [6, 6.07) is 33.6. The van der Waals surface area contributed by atoms with Crippen molar-refractivity contribution < 1.29 is 9.47 Å². The molecule has 1 unspecified atom stereocenters.